The van der Waals surface area contributed by atoms with Crippen LogP contribution in [0.1, 0.15) is 11.4 Å². The Morgan fingerprint density at radius 1 is 1.31 bits per heavy atom. The van der Waals surface area contributed by atoms with Gasteiger partial charge in [-0.25, -0.2) is 15.0 Å². The first-order valence-electron chi connectivity index (χ1n) is 4.76. The highest BCUT2D eigenvalue weighted by atomic mass is 32.2. The number of nitrogens with two attached hydrogens (primary N) is 1. The molecule has 0 amide bonds. The van der Waals surface area contributed by atoms with Crippen LogP contribution in [-0.4, -0.2) is 19.9 Å². The highest BCUT2D eigenvalue weighted by Crippen LogP contribution is 2.21. The van der Waals surface area contributed by atoms with Gasteiger partial charge in [0.05, 0.1) is 11.9 Å². The van der Waals surface area contributed by atoms with Crippen LogP contribution in [0.3, 0.4) is 0 Å². The molecule has 2 N–H and O–H groups in total. The largest absolute Gasteiger partial charge is 0.325 e. The maximum absolute atomic E-state index is 5.55. The zero-order chi connectivity index (χ0) is 11.4. The molecule has 2 heterocycles. The van der Waals surface area contributed by atoms with Crippen LogP contribution in [0.5, 0.6) is 0 Å². The maximum atomic E-state index is 5.55. The summed E-state index contributed by atoms with van der Waals surface area (Å²) in [6.07, 6.45) is 4.95. The summed E-state index contributed by atoms with van der Waals surface area (Å²) < 4.78 is 0. The van der Waals surface area contributed by atoms with E-state index in [1.165, 1.54) is 11.8 Å². The van der Waals surface area contributed by atoms with Gasteiger partial charge in [0.15, 0.2) is 5.16 Å². The Kier molecular flexibility index (Phi) is 3.43. The predicted molar refractivity (Wildman–Crippen MR) is 60.8 cm³/mol. The Morgan fingerprint density at radius 2 is 2.19 bits per heavy atom. The molecule has 0 saturated heterocycles. The van der Waals surface area contributed by atoms with E-state index in [1.807, 2.05) is 13.0 Å². The highest BCUT2D eigenvalue weighted by Gasteiger charge is 2.04. The van der Waals surface area contributed by atoms with Crippen LogP contribution in [0, 0.1) is 6.92 Å². The fourth-order valence-corrected chi connectivity index (χ4v) is 1.95. The molecule has 0 aliphatic carbocycles. The van der Waals surface area contributed by atoms with Gasteiger partial charge in [0, 0.05) is 24.6 Å². The molecular formula is C10H11N5S. The number of aryl methyl sites for hydroxylation is 1. The molecule has 0 aromatic carbocycles. The lowest BCUT2D eigenvalue weighted by atomic mass is 10.3. The second-order valence-corrected chi connectivity index (χ2v) is 4.12. The average Bonchev–Trinajstić information content (AvgIpc) is 2.29. The van der Waals surface area contributed by atoms with Crippen molar-refractivity contribution in [2.24, 2.45) is 5.73 Å². The summed E-state index contributed by atoms with van der Waals surface area (Å²) >= 11 is 1.38. The van der Waals surface area contributed by atoms with Gasteiger partial charge in [-0.2, -0.15) is 0 Å². The smallest absolute Gasteiger partial charge is 0.194 e. The number of hydrogen-bond donors (Lipinski definition) is 1. The second kappa shape index (κ2) is 5.00. The molecule has 0 bridgehead atoms. The van der Waals surface area contributed by atoms with Crippen molar-refractivity contribution in [2.75, 3.05) is 0 Å². The zero-order valence-corrected chi connectivity index (χ0v) is 9.61. The van der Waals surface area contributed by atoms with Crippen LogP contribution in [0.15, 0.2) is 34.8 Å². The van der Waals surface area contributed by atoms with Crippen molar-refractivity contribution in [3.8, 4) is 0 Å². The van der Waals surface area contributed by atoms with Crippen molar-refractivity contribution >= 4 is 11.8 Å². The molecule has 2 aromatic heterocycles. The lowest BCUT2D eigenvalue weighted by molar-refractivity contribution is 0.851. The summed E-state index contributed by atoms with van der Waals surface area (Å²) in [5.41, 5.74) is 7.29. The quantitative estimate of drug-likeness (QED) is 0.802. The van der Waals surface area contributed by atoms with E-state index in [4.69, 9.17) is 5.73 Å². The Balaban J connectivity index is 2.24. The van der Waals surface area contributed by atoms with E-state index < -0.39 is 0 Å². The van der Waals surface area contributed by atoms with Gasteiger partial charge in [-0.3, -0.25) is 4.98 Å². The molecule has 0 aliphatic rings. The summed E-state index contributed by atoms with van der Waals surface area (Å²) in [7, 11) is 0. The average molecular weight is 233 g/mol. The third-order valence-corrected chi connectivity index (χ3v) is 2.62. The third-order valence-electron chi connectivity index (χ3n) is 1.83. The number of aromatic nitrogens is 4. The van der Waals surface area contributed by atoms with Crippen molar-refractivity contribution in [3.63, 3.8) is 0 Å². The van der Waals surface area contributed by atoms with Crippen molar-refractivity contribution < 1.29 is 0 Å². The van der Waals surface area contributed by atoms with Gasteiger partial charge in [-0.15, -0.1) is 0 Å². The van der Waals surface area contributed by atoms with Crippen molar-refractivity contribution in [3.05, 3.63) is 36.0 Å². The zero-order valence-electron chi connectivity index (χ0n) is 8.79. The molecule has 5 nitrogen and oxygen atoms in total. The van der Waals surface area contributed by atoms with Gasteiger partial charge in [0.1, 0.15) is 5.03 Å². The summed E-state index contributed by atoms with van der Waals surface area (Å²) in [6, 6.07) is 1.88. The molecule has 0 spiro atoms. The van der Waals surface area contributed by atoms with E-state index in [1.54, 1.807) is 18.6 Å². The number of hydrogen-bond acceptors (Lipinski definition) is 6. The topological polar surface area (TPSA) is 77.6 Å². The summed E-state index contributed by atoms with van der Waals surface area (Å²) in [4.78, 5) is 16.7. The third kappa shape index (κ3) is 2.74. The van der Waals surface area contributed by atoms with E-state index in [0.29, 0.717) is 11.7 Å². The molecule has 82 valence electrons. The Morgan fingerprint density at radius 3 is 2.88 bits per heavy atom. The maximum Gasteiger partial charge on any atom is 0.194 e. The van der Waals surface area contributed by atoms with Gasteiger partial charge in [0.2, 0.25) is 0 Å². The van der Waals surface area contributed by atoms with Crippen LogP contribution in [0.25, 0.3) is 0 Å². The van der Waals surface area contributed by atoms with Crippen molar-refractivity contribution in [1.82, 2.24) is 19.9 Å². The van der Waals surface area contributed by atoms with Gasteiger partial charge < -0.3 is 5.73 Å². The summed E-state index contributed by atoms with van der Waals surface area (Å²) in [5.74, 6) is 0. The molecule has 2 aromatic rings. The lowest BCUT2D eigenvalue weighted by Crippen LogP contribution is -2.02. The van der Waals surface area contributed by atoms with E-state index in [9.17, 15) is 0 Å². The Hall–Kier alpha value is -1.53. The van der Waals surface area contributed by atoms with Crippen LogP contribution in [0.2, 0.25) is 0 Å². The Bertz CT molecular complexity index is 474. The van der Waals surface area contributed by atoms with Crippen LogP contribution in [0.4, 0.5) is 0 Å². The predicted octanol–water partition coefficient (Wildman–Crippen LogP) is 1.18. The lowest BCUT2D eigenvalue weighted by Gasteiger charge is -2.02. The standard InChI is InChI=1S/C10H11N5S/c1-7-4-8(5-11)15-10(14-7)16-9-6-12-2-3-13-9/h2-4,6H,5,11H2,1H3. The minimum atomic E-state index is 0.414. The minimum Gasteiger partial charge on any atom is -0.325 e. The van der Waals surface area contributed by atoms with Crippen LogP contribution < -0.4 is 5.73 Å². The van der Waals surface area contributed by atoms with E-state index in [-0.39, 0.29) is 0 Å². The second-order valence-electron chi connectivity index (χ2n) is 3.13. The minimum absolute atomic E-state index is 0.414. The number of nitrogens with zero attached hydrogens (tertiary/aromatic N) is 4. The molecule has 0 radical (unpaired) electrons. The molecule has 0 saturated carbocycles. The normalized spacial score (nSPS) is 10.4. The fraction of sp³-hybridized carbons (Fsp3) is 0.200. The molecule has 0 atom stereocenters. The molecule has 0 unspecified atom stereocenters. The van der Waals surface area contributed by atoms with Gasteiger partial charge >= 0.3 is 0 Å². The first kappa shape index (κ1) is 11.0. The summed E-state index contributed by atoms with van der Waals surface area (Å²) in [5, 5.41) is 1.43. The van der Waals surface area contributed by atoms with Gasteiger partial charge in [0.25, 0.3) is 0 Å². The first-order chi connectivity index (χ1) is 7.78. The monoisotopic (exact) mass is 233 g/mol. The fourth-order valence-electron chi connectivity index (χ4n) is 1.19. The molecule has 0 fully saturated rings. The Labute approximate surface area is 97.6 Å². The van der Waals surface area contributed by atoms with E-state index in [2.05, 4.69) is 19.9 Å². The van der Waals surface area contributed by atoms with Gasteiger partial charge in [-0.1, -0.05) is 0 Å². The SMILES string of the molecule is Cc1cc(CN)nc(Sc2cnccn2)n1. The molecule has 6 heteroatoms. The van der Waals surface area contributed by atoms with E-state index in [0.717, 1.165) is 16.4 Å². The van der Waals surface area contributed by atoms with Crippen LogP contribution in [-0.2, 0) is 6.54 Å². The molecule has 2 rings (SSSR count). The van der Waals surface area contributed by atoms with Crippen molar-refractivity contribution in [1.29, 1.82) is 0 Å². The number of rotatable bonds is 3. The van der Waals surface area contributed by atoms with Gasteiger partial charge in [-0.05, 0) is 24.8 Å². The highest BCUT2D eigenvalue weighted by molar-refractivity contribution is 7.99. The molecule has 0 aliphatic heterocycles. The van der Waals surface area contributed by atoms with Crippen molar-refractivity contribution in [2.45, 2.75) is 23.7 Å². The molecule has 16 heavy (non-hydrogen) atoms. The molecular weight excluding hydrogens is 222 g/mol. The van der Waals surface area contributed by atoms with E-state index >= 15 is 0 Å². The first-order valence-corrected chi connectivity index (χ1v) is 5.58. The summed E-state index contributed by atoms with van der Waals surface area (Å²) in [6.45, 7) is 2.33. The van der Waals surface area contributed by atoms with Crippen LogP contribution >= 0.6 is 11.8 Å².